The second-order valence-electron chi connectivity index (χ2n) is 7.95. The summed E-state index contributed by atoms with van der Waals surface area (Å²) in [4.78, 5) is -1.77. The number of rotatable bonds is 11. The summed E-state index contributed by atoms with van der Waals surface area (Å²) >= 11 is 0. The predicted molar refractivity (Wildman–Crippen MR) is 146 cm³/mol. The van der Waals surface area contributed by atoms with Gasteiger partial charge in [0.2, 0.25) is 0 Å². The van der Waals surface area contributed by atoms with E-state index in [1.807, 2.05) is 0 Å². The lowest BCUT2D eigenvalue weighted by Crippen LogP contribution is -2.15. The van der Waals surface area contributed by atoms with Gasteiger partial charge in [-0.25, -0.2) is 12.6 Å². The summed E-state index contributed by atoms with van der Waals surface area (Å²) in [5, 5.41) is 15.0. The summed E-state index contributed by atoms with van der Waals surface area (Å²) in [6, 6.07) is 10.1. The van der Waals surface area contributed by atoms with E-state index in [2.05, 4.69) is 24.6 Å². The van der Waals surface area contributed by atoms with E-state index in [9.17, 15) is 42.8 Å². The molecule has 42 heavy (non-hydrogen) atoms. The minimum absolute atomic E-state index is 0.00412. The standard InChI is InChI=1S/C20H20N6O12S4/c21-18-15(25-24-14-3-1-2-4-16(14)40(29,30)31)11-17(41(32,33)34)19(22)20(18)26-23-12-5-7-13(8-6-12)39(27,28)10-9-38-42(35,36)37/h1-8,11H,9-10,21-22H2,(H,29,30,31)(H,32,33,34)(H,35,36,37). The number of sulfone groups is 1. The van der Waals surface area contributed by atoms with E-state index in [0.717, 1.165) is 24.3 Å². The Kier molecular flexibility index (Phi) is 9.43. The van der Waals surface area contributed by atoms with Crippen LogP contribution in [0.25, 0.3) is 0 Å². The van der Waals surface area contributed by atoms with Gasteiger partial charge in [-0.15, -0.1) is 15.3 Å². The molecule has 0 aliphatic rings. The highest BCUT2D eigenvalue weighted by atomic mass is 32.3. The van der Waals surface area contributed by atoms with E-state index in [-0.39, 0.29) is 16.3 Å². The molecule has 0 heterocycles. The van der Waals surface area contributed by atoms with Gasteiger partial charge in [-0.3, -0.25) is 13.7 Å². The van der Waals surface area contributed by atoms with Crippen molar-refractivity contribution in [2.24, 2.45) is 20.5 Å². The van der Waals surface area contributed by atoms with E-state index in [1.165, 1.54) is 30.3 Å². The summed E-state index contributed by atoms with van der Waals surface area (Å²) in [5.41, 5.74) is 9.54. The molecule has 18 nitrogen and oxygen atoms in total. The molecule has 0 unspecified atom stereocenters. The molecule has 0 amide bonds. The fraction of sp³-hybridized carbons (Fsp3) is 0.100. The molecule has 3 aromatic carbocycles. The molecule has 0 saturated heterocycles. The number of anilines is 2. The van der Waals surface area contributed by atoms with Crippen molar-refractivity contribution in [3.8, 4) is 0 Å². The summed E-state index contributed by atoms with van der Waals surface area (Å²) in [6.07, 6.45) is 0. The average Bonchev–Trinajstić information content (AvgIpc) is 2.86. The van der Waals surface area contributed by atoms with Crippen molar-refractivity contribution in [3.63, 3.8) is 0 Å². The molecule has 0 fully saturated rings. The Labute approximate surface area is 239 Å². The largest absolute Gasteiger partial charge is 0.397 e. The lowest BCUT2D eigenvalue weighted by Gasteiger charge is -2.10. The topological polar surface area (TPSA) is 308 Å². The fourth-order valence-corrected chi connectivity index (χ4v) is 5.87. The van der Waals surface area contributed by atoms with Crippen LogP contribution in [0.5, 0.6) is 0 Å². The minimum atomic E-state index is -4.98. The van der Waals surface area contributed by atoms with E-state index >= 15 is 0 Å². The average molecular weight is 665 g/mol. The number of benzene rings is 3. The number of hydrogen-bond acceptors (Lipinski definition) is 15. The number of nitrogens with zero attached hydrogens (tertiary/aromatic N) is 4. The molecule has 0 radical (unpaired) electrons. The van der Waals surface area contributed by atoms with Crippen LogP contribution in [0.1, 0.15) is 0 Å². The molecular weight excluding hydrogens is 645 g/mol. The third-order valence-electron chi connectivity index (χ3n) is 5.05. The molecule has 0 saturated carbocycles. The zero-order valence-electron chi connectivity index (χ0n) is 20.7. The van der Waals surface area contributed by atoms with Crippen LogP contribution < -0.4 is 11.5 Å². The van der Waals surface area contributed by atoms with E-state index in [4.69, 9.17) is 16.0 Å². The summed E-state index contributed by atoms with van der Waals surface area (Å²) in [5.74, 6) is -0.783. The maximum atomic E-state index is 12.3. The quantitative estimate of drug-likeness (QED) is 0.112. The van der Waals surface area contributed by atoms with Crippen LogP contribution in [0, 0.1) is 0 Å². The van der Waals surface area contributed by atoms with Crippen molar-refractivity contribution in [3.05, 3.63) is 54.6 Å². The zero-order valence-corrected chi connectivity index (χ0v) is 24.0. The number of nitrogens with two attached hydrogens (primary N) is 2. The van der Waals surface area contributed by atoms with Crippen LogP contribution in [0.15, 0.2) is 89.7 Å². The summed E-state index contributed by atoms with van der Waals surface area (Å²) in [6.45, 7) is -0.841. The fourth-order valence-electron chi connectivity index (χ4n) is 3.13. The second-order valence-corrected chi connectivity index (χ2v) is 13.9. The van der Waals surface area contributed by atoms with Crippen LogP contribution in [0.2, 0.25) is 0 Å². The molecule has 0 aliphatic carbocycles. The Hall–Kier alpha value is -3.90. The number of azo groups is 2. The predicted octanol–water partition coefficient (Wildman–Crippen LogP) is 2.77. The molecule has 0 aromatic heterocycles. The Bertz CT molecular complexity index is 2010. The molecule has 3 aromatic rings. The molecule has 22 heteroatoms. The van der Waals surface area contributed by atoms with Crippen LogP contribution in [0.3, 0.4) is 0 Å². The van der Waals surface area contributed by atoms with Gasteiger partial charge in [0.25, 0.3) is 20.2 Å². The number of nitrogen functional groups attached to an aromatic ring is 2. The SMILES string of the molecule is Nc1c(N=Nc2ccccc2S(=O)(=O)O)cc(S(=O)(=O)O)c(N)c1N=Nc1ccc(S(=O)(=O)CCOS(=O)(=O)O)cc1. The first-order chi connectivity index (χ1) is 19.3. The first-order valence-corrected chi connectivity index (χ1v) is 16.7. The van der Waals surface area contributed by atoms with Crippen molar-refractivity contribution in [1.82, 2.24) is 0 Å². The van der Waals surface area contributed by atoms with Crippen molar-refractivity contribution in [2.45, 2.75) is 14.7 Å². The van der Waals surface area contributed by atoms with Crippen LogP contribution in [-0.2, 0) is 44.7 Å². The zero-order chi connectivity index (χ0) is 31.5. The number of hydrogen-bond donors (Lipinski definition) is 5. The molecular formula is C20H20N6O12S4. The van der Waals surface area contributed by atoms with Gasteiger partial charge in [-0.2, -0.15) is 30.4 Å². The molecule has 0 bridgehead atoms. The smallest absolute Gasteiger partial charge is 0.396 e. The Morgan fingerprint density at radius 3 is 1.81 bits per heavy atom. The Morgan fingerprint density at radius 2 is 1.24 bits per heavy atom. The monoisotopic (exact) mass is 664 g/mol. The van der Waals surface area contributed by atoms with Crippen LogP contribution in [0.4, 0.5) is 34.1 Å². The molecule has 7 N–H and O–H groups in total. The van der Waals surface area contributed by atoms with E-state index in [0.29, 0.717) is 0 Å². The third kappa shape index (κ3) is 8.32. The maximum Gasteiger partial charge on any atom is 0.397 e. The second kappa shape index (κ2) is 12.1. The van der Waals surface area contributed by atoms with Crippen LogP contribution in [-0.4, -0.2) is 59.7 Å². The van der Waals surface area contributed by atoms with E-state index in [1.54, 1.807) is 0 Å². The minimum Gasteiger partial charge on any atom is -0.396 e. The van der Waals surface area contributed by atoms with Gasteiger partial charge in [0.15, 0.2) is 9.84 Å². The van der Waals surface area contributed by atoms with Gasteiger partial charge in [0.05, 0.1) is 34.3 Å². The lowest BCUT2D eigenvalue weighted by atomic mass is 10.2. The van der Waals surface area contributed by atoms with Gasteiger partial charge >= 0.3 is 10.4 Å². The first kappa shape index (κ1) is 32.6. The highest BCUT2D eigenvalue weighted by Crippen LogP contribution is 2.43. The van der Waals surface area contributed by atoms with Crippen molar-refractivity contribution >= 4 is 74.6 Å². The Balaban J connectivity index is 1.99. The van der Waals surface area contributed by atoms with Crippen molar-refractivity contribution in [2.75, 3.05) is 23.8 Å². The van der Waals surface area contributed by atoms with Gasteiger partial charge in [0.1, 0.15) is 26.9 Å². The van der Waals surface area contributed by atoms with Crippen molar-refractivity contribution < 1.29 is 51.5 Å². The van der Waals surface area contributed by atoms with Gasteiger partial charge in [0, 0.05) is 0 Å². The summed E-state index contributed by atoms with van der Waals surface area (Å²) in [7, 11) is -18.6. The van der Waals surface area contributed by atoms with E-state index < -0.39 is 85.4 Å². The lowest BCUT2D eigenvalue weighted by molar-refractivity contribution is 0.284. The Morgan fingerprint density at radius 1 is 0.667 bits per heavy atom. The highest BCUT2D eigenvalue weighted by Gasteiger charge is 2.23. The maximum absolute atomic E-state index is 12.3. The highest BCUT2D eigenvalue weighted by molar-refractivity contribution is 7.91. The summed E-state index contributed by atoms with van der Waals surface area (Å²) < 4.78 is 124. The molecule has 226 valence electrons. The molecule has 0 spiro atoms. The first-order valence-electron chi connectivity index (χ1n) is 10.8. The van der Waals surface area contributed by atoms with Gasteiger partial charge in [-0.1, -0.05) is 12.1 Å². The van der Waals surface area contributed by atoms with Crippen molar-refractivity contribution in [1.29, 1.82) is 0 Å². The normalized spacial score (nSPS) is 13.2. The third-order valence-corrected chi connectivity index (χ3v) is 9.01. The molecule has 0 atom stereocenters. The van der Waals surface area contributed by atoms with Gasteiger partial charge < -0.3 is 11.5 Å². The molecule has 0 aliphatic heterocycles. The van der Waals surface area contributed by atoms with Crippen LogP contribution >= 0.6 is 0 Å². The molecule has 3 rings (SSSR count). The van der Waals surface area contributed by atoms with Gasteiger partial charge in [-0.05, 0) is 42.5 Å².